The Balaban J connectivity index is 2.27. The van der Waals surface area contributed by atoms with Crippen LogP contribution in [0.3, 0.4) is 0 Å². The zero-order valence-corrected chi connectivity index (χ0v) is 13.5. The van der Waals surface area contributed by atoms with Gasteiger partial charge in [-0.1, -0.05) is 25.4 Å². The Bertz CT molecular complexity index is 577. The molecule has 0 aromatic heterocycles. The summed E-state index contributed by atoms with van der Waals surface area (Å²) in [5.74, 6) is 0.509. The molecule has 1 aromatic rings. The second-order valence-electron chi connectivity index (χ2n) is 5.57. The largest absolute Gasteiger partial charge is 0.338 e. The Morgan fingerprint density at radius 2 is 2.14 bits per heavy atom. The number of rotatable bonds is 2. The van der Waals surface area contributed by atoms with E-state index < -0.39 is 4.92 Å². The first-order chi connectivity index (χ1) is 9.80. The number of nitro groups is 1. The third-order valence-electron chi connectivity index (χ3n) is 3.51. The van der Waals surface area contributed by atoms with E-state index in [2.05, 4.69) is 13.8 Å². The highest BCUT2D eigenvalue weighted by atomic mass is 35.5. The van der Waals surface area contributed by atoms with Crippen LogP contribution >= 0.6 is 23.4 Å². The van der Waals surface area contributed by atoms with E-state index in [0.717, 1.165) is 12.2 Å². The number of nitrogens with zero attached hydrogens (tertiary/aromatic N) is 2. The van der Waals surface area contributed by atoms with Gasteiger partial charge in [-0.15, -0.1) is 0 Å². The number of benzene rings is 1. The van der Waals surface area contributed by atoms with Gasteiger partial charge in [-0.3, -0.25) is 14.9 Å². The minimum atomic E-state index is -0.542. The lowest BCUT2D eigenvalue weighted by Gasteiger charge is -2.22. The highest BCUT2D eigenvalue weighted by Gasteiger charge is 2.29. The van der Waals surface area contributed by atoms with E-state index in [4.69, 9.17) is 11.6 Å². The van der Waals surface area contributed by atoms with Crippen molar-refractivity contribution in [2.24, 2.45) is 0 Å². The Hall–Kier alpha value is -1.27. The Labute approximate surface area is 132 Å². The van der Waals surface area contributed by atoms with Crippen molar-refractivity contribution in [3.05, 3.63) is 38.9 Å². The molecule has 0 radical (unpaired) electrons. The van der Waals surface area contributed by atoms with Gasteiger partial charge >= 0.3 is 0 Å². The van der Waals surface area contributed by atoms with Crippen LogP contribution in [0.2, 0.25) is 5.02 Å². The quantitative estimate of drug-likeness (QED) is 0.614. The maximum atomic E-state index is 12.6. The number of halogens is 1. The molecular weight excluding hydrogens is 312 g/mol. The molecule has 0 atom stereocenters. The molecule has 1 amide bonds. The molecule has 1 saturated heterocycles. The molecule has 2 rings (SSSR count). The van der Waals surface area contributed by atoms with Gasteiger partial charge in [0.25, 0.3) is 11.6 Å². The third-order valence-corrected chi connectivity index (χ3v) is 5.12. The summed E-state index contributed by atoms with van der Waals surface area (Å²) in [6.07, 6.45) is 0.859. The average molecular weight is 329 g/mol. The molecule has 7 heteroatoms. The first-order valence-electron chi connectivity index (χ1n) is 6.67. The van der Waals surface area contributed by atoms with E-state index in [0.29, 0.717) is 18.1 Å². The molecule has 1 aromatic carbocycles. The van der Waals surface area contributed by atoms with Gasteiger partial charge in [-0.2, -0.15) is 11.8 Å². The molecule has 1 heterocycles. The molecule has 1 aliphatic heterocycles. The lowest BCUT2D eigenvalue weighted by molar-refractivity contribution is -0.385. The molecule has 0 aliphatic carbocycles. The molecule has 0 bridgehead atoms. The molecule has 21 heavy (non-hydrogen) atoms. The summed E-state index contributed by atoms with van der Waals surface area (Å²) in [4.78, 5) is 24.8. The van der Waals surface area contributed by atoms with Gasteiger partial charge in [-0.05, 0) is 18.6 Å². The van der Waals surface area contributed by atoms with Gasteiger partial charge in [0.1, 0.15) is 5.56 Å². The van der Waals surface area contributed by atoms with E-state index in [9.17, 15) is 14.9 Å². The second kappa shape index (κ2) is 6.23. The topological polar surface area (TPSA) is 63.5 Å². The van der Waals surface area contributed by atoms with Crippen LogP contribution in [0.25, 0.3) is 0 Å². The Morgan fingerprint density at radius 1 is 1.43 bits per heavy atom. The van der Waals surface area contributed by atoms with Crippen LogP contribution in [0.5, 0.6) is 0 Å². The van der Waals surface area contributed by atoms with Crippen molar-refractivity contribution in [3.63, 3.8) is 0 Å². The van der Waals surface area contributed by atoms with Gasteiger partial charge < -0.3 is 4.90 Å². The normalized spacial score (nSPS) is 18.1. The minimum absolute atomic E-state index is 0.0669. The number of hydrogen-bond donors (Lipinski definition) is 0. The summed E-state index contributed by atoms with van der Waals surface area (Å²) in [6.45, 7) is 5.49. The number of hydrogen-bond acceptors (Lipinski definition) is 4. The van der Waals surface area contributed by atoms with Crippen LogP contribution in [0, 0.1) is 10.1 Å². The van der Waals surface area contributed by atoms with Crippen molar-refractivity contribution in [3.8, 4) is 0 Å². The number of nitro benzene ring substituents is 1. The fraction of sp³-hybridized carbons (Fsp3) is 0.500. The monoisotopic (exact) mass is 328 g/mol. The summed E-state index contributed by atoms with van der Waals surface area (Å²) in [7, 11) is 0. The summed E-state index contributed by atoms with van der Waals surface area (Å²) in [5.41, 5.74) is -0.127. The van der Waals surface area contributed by atoms with Crippen molar-refractivity contribution >= 4 is 35.0 Å². The predicted molar refractivity (Wildman–Crippen MR) is 85.2 cm³/mol. The van der Waals surface area contributed by atoms with Crippen molar-refractivity contribution in [2.75, 3.05) is 18.8 Å². The number of carbonyl (C=O) groups is 1. The van der Waals surface area contributed by atoms with E-state index >= 15 is 0 Å². The molecular formula is C14H17ClN2O3S. The van der Waals surface area contributed by atoms with E-state index in [-0.39, 0.29) is 21.9 Å². The lowest BCUT2D eigenvalue weighted by atomic mass is 10.1. The fourth-order valence-corrected chi connectivity index (χ4v) is 3.50. The number of thioether (sulfide) groups is 1. The lowest BCUT2D eigenvalue weighted by Crippen LogP contribution is -2.34. The molecule has 114 valence electrons. The van der Waals surface area contributed by atoms with Crippen LogP contribution < -0.4 is 0 Å². The maximum Gasteiger partial charge on any atom is 0.282 e. The van der Waals surface area contributed by atoms with Crippen LogP contribution in [-0.2, 0) is 0 Å². The first-order valence-corrected chi connectivity index (χ1v) is 8.04. The van der Waals surface area contributed by atoms with Gasteiger partial charge in [0.15, 0.2) is 0 Å². The molecule has 5 nitrogen and oxygen atoms in total. The van der Waals surface area contributed by atoms with E-state index in [1.54, 1.807) is 4.90 Å². The third kappa shape index (κ3) is 3.89. The van der Waals surface area contributed by atoms with Crippen LogP contribution in [-0.4, -0.2) is 39.3 Å². The Morgan fingerprint density at radius 3 is 2.81 bits per heavy atom. The van der Waals surface area contributed by atoms with E-state index in [1.165, 1.54) is 18.2 Å². The fourth-order valence-electron chi connectivity index (χ4n) is 2.23. The summed E-state index contributed by atoms with van der Waals surface area (Å²) < 4.78 is 0.120. The standard InChI is InChI=1S/C14H17ClN2O3S/c1-14(2)5-6-16(7-8-21-14)13(18)11-9-10(15)3-4-12(11)17(19)20/h3-4,9H,5-8H2,1-2H3. The number of carbonyl (C=O) groups excluding carboxylic acids is 1. The van der Waals surface area contributed by atoms with Crippen molar-refractivity contribution in [1.29, 1.82) is 0 Å². The van der Waals surface area contributed by atoms with Crippen molar-refractivity contribution < 1.29 is 9.72 Å². The SMILES string of the molecule is CC1(C)CCN(C(=O)c2cc(Cl)ccc2[N+](=O)[O-])CCS1. The summed E-state index contributed by atoms with van der Waals surface area (Å²) >= 11 is 7.70. The van der Waals surface area contributed by atoms with Gasteiger partial charge in [-0.25, -0.2) is 0 Å². The van der Waals surface area contributed by atoms with Crippen LogP contribution in [0.1, 0.15) is 30.6 Å². The average Bonchev–Trinajstić information content (AvgIpc) is 2.58. The van der Waals surface area contributed by atoms with Crippen LogP contribution in [0.15, 0.2) is 18.2 Å². The molecule has 0 unspecified atom stereocenters. The van der Waals surface area contributed by atoms with Gasteiger partial charge in [0, 0.05) is 34.7 Å². The van der Waals surface area contributed by atoms with Gasteiger partial charge in [0.05, 0.1) is 4.92 Å². The zero-order valence-electron chi connectivity index (χ0n) is 12.0. The summed E-state index contributed by atoms with van der Waals surface area (Å²) in [6, 6.07) is 4.09. The highest BCUT2D eigenvalue weighted by molar-refractivity contribution is 8.00. The predicted octanol–water partition coefficient (Wildman–Crippen LogP) is 3.61. The first kappa shape index (κ1) is 16.1. The molecule has 0 spiro atoms. The van der Waals surface area contributed by atoms with Gasteiger partial charge in [0.2, 0.25) is 0 Å². The number of amides is 1. The Kier molecular flexibility index (Phi) is 4.78. The van der Waals surface area contributed by atoms with Crippen molar-refractivity contribution in [1.82, 2.24) is 4.90 Å². The molecule has 1 aliphatic rings. The van der Waals surface area contributed by atoms with Crippen molar-refractivity contribution in [2.45, 2.75) is 25.0 Å². The maximum absolute atomic E-state index is 12.6. The summed E-state index contributed by atoms with van der Waals surface area (Å²) in [5, 5.41) is 11.4. The van der Waals surface area contributed by atoms with Crippen LogP contribution in [0.4, 0.5) is 5.69 Å². The molecule has 0 N–H and O–H groups in total. The molecule has 1 fully saturated rings. The zero-order chi connectivity index (χ0) is 15.6. The molecule has 0 saturated carbocycles. The highest BCUT2D eigenvalue weighted by Crippen LogP contribution is 2.32. The van der Waals surface area contributed by atoms with E-state index in [1.807, 2.05) is 11.8 Å². The minimum Gasteiger partial charge on any atom is -0.338 e. The second-order valence-corrected chi connectivity index (χ2v) is 7.81. The smallest absolute Gasteiger partial charge is 0.282 e.